The molecule has 0 radical (unpaired) electrons. The van der Waals surface area contributed by atoms with E-state index in [-0.39, 0.29) is 18.6 Å². The van der Waals surface area contributed by atoms with E-state index in [0.717, 1.165) is 37.9 Å². The van der Waals surface area contributed by atoms with Gasteiger partial charge in [-0.1, -0.05) is 18.0 Å². The fraction of sp³-hybridized carbons (Fsp3) is 0.533. The van der Waals surface area contributed by atoms with Crippen molar-refractivity contribution in [2.75, 3.05) is 18.4 Å². The number of hydrogen-bond donors (Lipinski definition) is 3. The molecule has 0 saturated heterocycles. The molecule has 4 nitrogen and oxygen atoms in total. The van der Waals surface area contributed by atoms with Crippen molar-refractivity contribution in [2.24, 2.45) is 5.92 Å². The molecule has 0 aromatic heterocycles. The van der Waals surface area contributed by atoms with Crippen LogP contribution in [0.2, 0.25) is 5.02 Å². The lowest BCUT2D eigenvalue weighted by atomic mass is 9.87. The first kappa shape index (κ1) is 15.3. The van der Waals surface area contributed by atoms with Crippen LogP contribution >= 0.6 is 11.6 Å². The second kappa shape index (κ2) is 7.62. The SMILES string of the molecule is O=C(CNCC1CCCC(O)C1)Nc1ccc(Cl)cc1. The Bertz CT molecular complexity index is 436. The summed E-state index contributed by atoms with van der Waals surface area (Å²) in [4.78, 5) is 11.7. The van der Waals surface area contributed by atoms with Gasteiger partial charge in [-0.25, -0.2) is 0 Å². The lowest BCUT2D eigenvalue weighted by Gasteiger charge is -2.25. The van der Waals surface area contributed by atoms with E-state index >= 15 is 0 Å². The number of anilines is 1. The molecular weight excluding hydrogens is 276 g/mol. The molecule has 2 rings (SSSR count). The van der Waals surface area contributed by atoms with Gasteiger partial charge in [-0.15, -0.1) is 0 Å². The molecule has 1 amide bonds. The molecule has 3 N–H and O–H groups in total. The van der Waals surface area contributed by atoms with E-state index in [2.05, 4.69) is 10.6 Å². The van der Waals surface area contributed by atoms with E-state index in [0.29, 0.717) is 10.9 Å². The predicted octanol–water partition coefficient (Wildman–Crippen LogP) is 2.42. The molecule has 0 aliphatic heterocycles. The summed E-state index contributed by atoms with van der Waals surface area (Å²) in [6.45, 7) is 1.07. The van der Waals surface area contributed by atoms with Crippen molar-refractivity contribution >= 4 is 23.2 Å². The van der Waals surface area contributed by atoms with E-state index < -0.39 is 0 Å². The quantitative estimate of drug-likeness (QED) is 0.782. The number of benzene rings is 1. The van der Waals surface area contributed by atoms with Gasteiger partial charge in [0.25, 0.3) is 0 Å². The highest BCUT2D eigenvalue weighted by Crippen LogP contribution is 2.23. The molecular formula is C15H21ClN2O2. The van der Waals surface area contributed by atoms with Crippen molar-refractivity contribution in [3.63, 3.8) is 0 Å². The Labute approximate surface area is 124 Å². The number of halogens is 1. The molecule has 2 unspecified atom stereocenters. The highest BCUT2D eigenvalue weighted by Gasteiger charge is 2.19. The average molecular weight is 297 g/mol. The monoisotopic (exact) mass is 296 g/mol. The first-order valence-electron chi connectivity index (χ1n) is 7.07. The zero-order chi connectivity index (χ0) is 14.4. The minimum Gasteiger partial charge on any atom is -0.393 e. The summed E-state index contributed by atoms with van der Waals surface area (Å²) >= 11 is 5.78. The third-order valence-corrected chi connectivity index (χ3v) is 3.85. The third kappa shape index (κ3) is 5.12. The minimum atomic E-state index is -0.168. The molecule has 1 saturated carbocycles. The summed E-state index contributed by atoms with van der Waals surface area (Å²) in [7, 11) is 0. The van der Waals surface area contributed by atoms with E-state index in [1.807, 2.05) is 0 Å². The second-order valence-electron chi connectivity index (χ2n) is 5.37. The number of aliphatic hydroxyl groups is 1. The van der Waals surface area contributed by atoms with Crippen molar-refractivity contribution in [2.45, 2.75) is 31.8 Å². The van der Waals surface area contributed by atoms with Gasteiger partial charge in [-0.05, 0) is 56.0 Å². The number of carbonyl (C=O) groups excluding carboxylic acids is 1. The van der Waals surface area contributed by atoms with Crippen LogP contribution in [-0.4, -0.2) is 30.2 Å². The summed E-state index contributed by atoms with van der Waals surface area (Å²) in [6, 6.07) is 7.04. The molecule has 20 heavy (non-hydrogen) atoms. The average Bonchev–Trinajstić information content (AvgIpc) is 2.41. The molecule has 0 heterocycles. The molecule has 0 spiro atoms. The van der Waals surface area contributed by atoms with Gasteiger partial charge in [0.05, 0.1) is 12.6 Å². The van der Waals surface area contributed by atoms with Crippen molar-refractivity contribution in [3.05, 3.63) is 29.3 Å². The molecule has 1 aliphatic rings. The molecule has 110 valence electrons. The Morgan fingerprint density at radius 1 is 1.30 bits per heavy atom. The number of hydrogen-bond acceptors (Lipinski definition) is 3. The zero-order valence-electron chi connectivity index (χ0n) is 11.4. The van der Waals surface area contributed by atoms with Crippen LogP contribution in [0.1, 0.15) is 25.7 Å². The first-order chi connectivity index (χ1) is 9.63. The minimum absolute atomic E-state index is 0.0660. The maximum atomic E-state index is 11.7. The van der Waals surface area contributed by atoms with Crippen LogP contribution in [0.4, 0.5) is 5.69 Å². The van der Waals surface area contributed by atoms with Crippen LogP contribution < -0.4 is 10.6 Å². The standard InChI is InChI=1S/C15H21ClN2O2/c16-12-4-6-13(7-5-12)18-15(20)10-17-9-11-2-1-3-14(19)8-11/h4-7,11,14,17,19H,1-3,8-10H2,(H,18,20). The largest absolute Gasteiger partial charge is 0.393 e. The molecule has 1 fully saturated rings. The first-order valence-corrected chi connectivity index (χ1v) is 7.45. The topological polar surface area (TPSA) is 61.4 Å². The summed E-state index contributed by atoms with van der Waals surface area (Å²) in [5.74, 6) is 0.408. The molecule has 0 bridgehead atoms. The van der Waals surface area contributed by atoms with Crippen LogP contribution in [0.5, 0.6) is 0 Å². The van der Waals surface area contributed by atoms with Gasteiger partial charge in [-0.3, -0.25) is 4.79 Å². The zero-order valence-corrected chi connectivity index (χ0v) is 12.2. The molecule has 2 atom stereocenters. The smallest absolute Gasteiger partial charge is 0.238 e. The number of nitrogens with one attached hydrogen (secondary N) is 2. The maximum Gasteiger partial charge on any atom is 0.238 e. The van der Waals surface area contributed by atoms with Crippen LogP contribution in [0.15, 0.2) is 24.3 Å². The van der Waals surface area contributed by atoms with E-state index in [1.54, 1.807) is 24.3 Å². The number of amides is 1. The molecule has 5 heteroatoms. The fourth-order valence-electron chi connectivity index (χ4n) is 2.58. The predicted molar refractivity (Wildman–Crippen MR) is 80.9 cm³/mol. The number of rotatable bonds is 5. The molecule has 1 aromatic carbocycles. The van der Waals surface area contributed by atoms with E-state index in [1.165, 1.54) is 0 Å². The van der Waals surface area contributed by atoms with Crippen molar-refractivity contribution in [3.8, 4) is 0 Å². The van der Waals surface area contributed by atoms with Gasteiger partial charge in [0.1, 0.15) is 0 Å². The van der Waals surface area contributed by atoms with Crippen molar-refractivity contribution in [1.29, 1.82) is 0 Å². The Balaban J connectivity index is 1.66. The van der Waals surface area contributed by atoms with Gasteiger partial charge < -0.3 is 15.7 Å². The van der Waals surface area contributed by atoms with E-state index in [4.69, 9.17) is 11.6 Å². The lowest BCUT2D eigenvalue weighted by molar-refractivity contribution is -0.115. The molecule has 1 aliphatic carbocycles. The van der Waals surface area contributed by atoms with Crippen molar-refractivity contribution < 1.29 is 9.90 Å². The van der Waals surface area contributed by atoms with Crippen molar-refractivity contribution in [1.82, 2.24) is 5.32 Å². The third-order valence-electron chi connectivity index (χ3n) is 3.60. The Hall–Kier alpha value is -1.10. The normalized spacial score (nSPS) is 22.5. The highest BCUT2D eigenvalue weighted by molar-refractivity contribution is 6.30. The number of carbonyl (C=O) groups is 1. The van der Waals surface area contributed by atoms with Crippen LogP contribution in [0, 0.1) is 5.92 Å². The van der Waals surface area contributed by atoms with Gasteiger partial charge >= 0.3 is 0 Å². The Morgan fingerprint density at radius 3 is 2.75 bits per heavy atom. The Morgan fingerprint density at radius 2 is 2.05 bits per heavy atom. The Kier molecular flexibility index (Phi) is 5.83. The summed E-state index contributed by atoms with van der Waals surface area (Å²) in [5.41, 5.74) is 0.745. The van der Waals surface area contributed by atoms with E-state index in [9.17, 15) is 9.90 Å². The van der Waals surface area contributed by atoms with Crippen LogP contribution in [0.25, 0.3) is 0 Å². The highest BCUT2D eigenvalue weighted by atomic mass is 35.5. The van der Waals surface area contributed by atoms with Gasteiger partial charge in [0.2, 0.25) is 5.91 Å². The molecule has 1 aromatic rings. The summed E-state index contributed by atoms with van der Waals surface area (Å²) in [6.07, 6.45) is 3.78. The lowest BCUT2D eigenvalue weighted by Crippen LogP contribution is -2.34. The van der Waals surface area contributed by atoms with Gasteiger partial charge in [0, 0.05) is 10.7 Å². The van der Waals surface area contributed by atoms with Crippen LogP contribution in [0.3, 0.4) is 0 Å². The second-order valence-corrected chi connectivity index (χ2v) is 5.81. The summed E-state index contributed by atoms with van der Waals surface area (Å²) < 4.78 is 0. The van der Waals surface area contributed by atoms with Crippen LogP contribution in [-0.2, 0) is 4.79 Å². The van der Waals surface area contributed by atoms with Gasteiger partial charge in [-0.2, -0.15) is 0 Å². The summed E-state index contributed by atoms with van der Waals surface area (Å²) in [5, 5.41) is 16.2. The fourth-order valence-corrected chi connectivity index (χ4v) is 2.70. The maximum absolute atomic E-state index is 11.7. The van der Waals surface area contributed by atoms with Gasteiger partial charge in [0.15, 0.2) is 0 Å². The number of aliphatic hydroxyl groups excluding tert-OH is 1.